The van der Waals surface area contributed by atoms with Crippen LogP contribution in [0.5, 0.6) is 0 Å². The molecular weight excluding hydrogens is 218 g/mol. The number of nitrogens with two attached hydrogens (primary N) is 1. The van der Waals surface area contributed by atoms with Crippen LogP contribution >= 0.6 is 0 Å². The molecule has 0 saturated carbocycles. The van der Waals surface area contributed by atoms with E-state index in [0.717, 1.165) is 0 Å². The maximum Gasteiger partial charge on any atom is 0.236 e. The summed E-state index contributed by atoms with van der Waals surface area (Å²) in [4.78, 5) is 14.1. The van der Waals surface area contributed by atoms with Crippen molar-refractivity contribution in [3.05, 3.63) is 17.7 Å². The van der Waals surface area contributed by atoms with Crippen LogP contribution in [0.1, 0.15) is 6.92 Å². The summed E-state index contributed by atoms with van der Waals surface area (Å²) in [6.07, 6.45) is 0. The van der Waals surface area contributed by atoms with Crippen molar-refractivity contribution in [1.82, 2.24) is 4.98 Å². The number of amides is 1. The average Bonchev–Trinajstić information content (AvgIpc) is 2.20. The number of pyridine rings is 1. The van der Waals surface area contributed by atoms with Crippen molar-refractivity contribution in [3.8, 4) is 0 Å². The molecule has 0 aliphatic carbocycles. The van der Waals surface area contributed by atoms with Crippen LogP contribution in [0.25, 0.3) is 0 Å². The number of aromatic nitrogens is 1. The Morgan fingerprint density at radius 2 is 1.94 bits per heavy atom. The van der Waals surface area contributed by atoms with E-state index in [0.29, 0.717) is 12.6 Å². The maximum atomic E-state index is 13.2. The first-order valence-electron chi connectivity index (χ1n) is 4.66. The zero-order valence-corrected chi connectivity index (χ0v) is 8.68. The van der Waals surface area contributed by atoms with E-state index < -0.39 is 17.5 Å². The number of nitrogens with one attached hydrogen (secondary N) is 2. The van der Waals surface area contributed by atoms with Crippen molar-refractivity contribution in [2.45, 2.75) is 6.92 Å². The summed E-state index contributed by atoms with van der Waals surface area (Å²) < 4.78 is 26.3. The molecule has 16 heavy (non-hydrogen) atoms. The Bertz CT molecular complexity index is 397. The van der Waals surface area contributed by atoms with Crippen LogP contribution in [0.2, 0.25) is 0 Å². The Kier molecular flexibility index (Phi) is 3.98. The predicted molar refractivity (Wildman–Crippen MR) is 56.0 cm³/mol. The van der Waals surface area contributed by atoms with Gasteiger partial charge < -0.3 is 16.4 Å². The fourth-order valence-corrected chi connectivity index (χ4v) is 1.05. The molecule has 0 aromatic carbocycles. The van der Waals surface area contributed by atoms with Gasteiger partial charge in [-0.25, -0.2) is 13.8 Å². The molecule has 1 aromatic rings. The standard InChI is InChI=1S/C9H12F2N4O/c1-2-13-8-5(10)3-6(11)9(15-8)14-4-7(12)16/h3H,2,4H2,1H3,(H2,12,16)(H2,13,14,15). The molecule has 0 bridgehead atoms. The Morgan fingerprint density at radius 3 is 2.44 bits per heavy atom. The second-order valence-electron chi connectivity index (χ2n) is 3.00. The topological polar surface area (TPSA) is 80.0 Å². The minimum Gasteiger partial charge on any atom is -0.368 e. The van der Waals surface area contributed by atoms with Gasteiger partial charge in [0, 0.05) is 12.6 Å². The first-order valence-corrected chi connectivity index (χ1v) is 4.66. The van der Waals surface area contributed by atoms with Gasteiger partial charge in [-0.05, 0) is 6.92 Å². The normalized spacial score (nSPS) is 9.94. The molecule has 0 spiro atoms. The van der Waals surface area contributed by atoms with Gasteiger partial charge in [-0.3, -0.25) is 4.79 Å². The van der Waals surface area contributed by atoms with E-state index in [1.807, 2.05) is 0 Å². The molecular formula is C9H12F2N4O. The number of hydrogen-bond acceptors (Lipinski definition) is 4. The van der Waals surface area contributed by atoms with Crippen molar-refractivity contribution < 1.29 is 13.6 Å². The molecule has 4 N–H and O–H groups in total. The van der Waals surface area contributed by atoms with E-state index in [-0.39, 0.29) is 18.2 Å². The molecule has 88 valence electrons. The van der Waals surface area contributed by atoms with Crippen LogP contribution in [-0.2, 0) is 4.79 Å². The molecule has 0 saturated heterocycles. The Morgan fingerprint density at radius 1 is 1.38 bits per heavy atom. The highest BCUT2D eigenvalue weighted by Crippen LogP contribution is 2.18. The molecule has 0 atom stereocenters. The Hall–Kier alpha value is -1.92. The summed E-state index contributed by atoms with van der Waals surface area (Å²) in [6.45, 7) is 1.94. The molecule has 0 aliphatic rings. The quantitative estimate of drug-likeness (QED) is 0.695. The monoisotopic (exact) mass is 230 g/mol. The molecule has 1 heterocycles. The second-order valence-corrected chi connectivity index (χ2v) is 3.00. The van der Waals surface area contributed by atoms with E-state index in [1.165, 1.54) is 0 Å². The fourth-order valence-electron chi connectivity index (χ4n) is 1.05. The van der Waals surface area contributed by atoms with Crippen LogP contribution in [-0.4, -0.2) is 24.0 Å². The molecule has 1 aromatic heterocycles. The zero-order valence-electron chi connectivity index (χ0n) is 8.68. The largest absolute Gasteiger partial charge is 0.368 e. The van der Waals surface area contributed by atoms with Crippen molar-refractivity contribution in [3.63, 3.8) is 0 Å². The third-order valence-corrected chi connectivity index (χ3v) is 1.70. The lowest BCUT2D eigenvalue weighted by molar-refractivity contribution is -0.116. The first kappa shape index (κ1) is 12.2. The summed E-state index contributed by atoms with van der Waals surface area (Å²) in [5.41, 5.74) is 4.88. The number of primary amides is 1. The van der Waals surface area contributed by atoms with Crippen LogP contribution in [0, 0.1) is 11.6 Å². The van der Waals surface area contributed by atoms with Crippen molar-refractivity contribution in [2.75, 3.05) is 23.7 Å². The summed E-state index contributed by atoms with van der Waals surface area (Å²) >= 11 is 0. The highest BCUT2D eigenvalue weighted by Gasteiger charge is 2.11. The summed E-state index contributed by atoms with van der Waals surface area (Å²) in [5.74, 6) is -2.60. The van der Waals surface area contributed by atoms with Crippen molar-refractivity contribution in [2.24, 2.45) is 5.73 Å². The van der Waals surface area contributed by atoms with Gasteiger partial charge in [0.15, 0.2) is 23.3 Å². The lowest BCUT2D eigenvalue weighted by Crippen LogP contribution is -2.23. The lowest BCUT2D eigenvalue weighted by Gasteiger charge is -2.08. The van der Waals surface area contributed by atoms with Gasteiger partial charge in [-0.1, -0.05) is 0 Å². The van der Waals surface area contributed by atoms with Crippen LogP contribution < -0.4 is 16.4 Å². The molecule has 1 rings (SSSR count). The molecule has 7 heteroatoms. The number of hydrogen-bond donors (Lipinski definition) is 3. The van der Waals surface area contributed by atoms with Gasteiger partial charge >= 0.3 is 0 Å². The number of carbonyl (C=O) groups is 1. The first-order chi connectivity index (χ1) is 7.54. The van der Waals surface area contributed by atoms with Gasteiger partial charge in [0.2, 0.25) is 5.91 Å². The molecule has 5 nitrogen and oxygen atoms in total. The molecule has 1 amide bonds. The second kappa shape index (κ2) is 5.24. The van der Waals surface area contributed by atoms with Gasteiger partial charge in [0.05, 0.1) is 6.54 Å². The summed E-state index contributed by atoms with van der Waals surface area (Å²) in [7, 11) is 0. The maximum absolute atomic E-state index is 13.2. The lowest BCUT2D eigenvalue weighted by atomic mass is 10.4. The number of nitrogens with zero attached hydrogens (tertiary/aromatic N) is 1. The molecule has 0 radical (unpaired) electrons. The highest BCUT2D eigenvalue weighted by molar-refractivity contribution is 5.78. The van der Waals surface area contributed by atoms with Crippen LogP contribution in [0.3, 0.4) is 0 Å². The van der Waals surface area contributed by atoms with Gasteiger partial charge in [0.1, 0.15) is 0 Å². The minimum absolute atomic E-state index is 0.0733. The van der Waals surface area contributed by atoms with Gasteiger partial charge in [0.25, 0.3) is 0 Å². The summed E-state index contributed by atoms with van der Waals surface area (Å²) in [6, 6.07) is 0.689. The number of rotatable bonds is 5. The van der Waals surface area contributed by atoms with Crippen LogP contribution in [0.4, 0.5) is 20.4 Å². The third kappa shape index (κ3) is 3.04. The minimum atomic E-state index is -0.875. The summed E-state index contributed by atoms with van der Waals surface area (Å²) in [5, 5.41) is 4.99. The van der Waals surface area contributed by atoms with E-state index in [4.69, 9.17) is 5.73 Å². The van der Waals surface area contributed by atoms with Crippen LogP contribution in [0.15, 0.2) is 6.07 Å². The van der Waals surface area contributed by atoms with E-state index in [2.05, 4.69) is 15.6 Å². The van der Waals surface area contributed by atoms with Gasteiger partial charge in [-0.15, -0.1) is 0 Å². The van der Waals surface area contributed by atoms with Crippen molar-refractivity contribution in [1.29, 1.82) is 0 Å². The highest BCUT2D eigenvalue weighted by atomic mass is 19.1. The smallest absolute Gasteiger partial charge is 0.236 e. The van der Waals surface area contributed by atoms with Crippen molar-refractivity contribution >= 4 is 17.5 Å². The Balaban J connectivity index is 2.90. The van der Waals surface area contributed by atoms with Gasteiger partial charge in [-0.2, -0.15) is 0 Å². The van der Waals surface area contributed by atoms with E-state index in [9.17, 15) is 13.6 Å². The molecule has 0 fully saturated rings. The third-order valence-electron chi connectivity index (χ3n) is 1.70. The Labute approximate surface area is 91.0 Å². The number of anilines is 2. The zero-order chi connectivity index (χ0) is 12.1. The predicted octanol–water partition coefficient (Wildman–Crippen LogP) is 0.689. The number of carbonyl (C=O) groups excluding carboxylic acids is 1. The SMILES string of the molecule is CCNc1nc(NCC(N)=O)c(F)cc1F. The number of halogens is 2. The molecule has 0 unspecified atom stereocenters. The van der Waals surface area contributed by atoms with E-state index >= 15 is 0 Å². The van der Waals surface area contributed by atoms with E-state index in [1.54, 1.807) is 6.92 Å². The fraction of sp³-hybridized carbons (Fsp3) is 0.333. The average molecular weight is 230 g/mol. The molecule has 0 aliphatic heterocycles.